The maximum atomic E-state index is 12.8. The summed E-state index contributed by atoms with van der Waals surface area (Å²) in [5, 5.41) is 10.6. The van der Waals surface area contributed by atoms with Crippen LogP contribution in [0.5, 0.6) is 5.75 Å². The number of carbonyl (C=O) groups is 2. The van der Waals surface area contributed by atoms with Gasteiger partial charge in [0.1, 0.15) is 17.1 Å². The predicted octanol–water partition coefficient (Wildman–Crippen LogP) is 4.93. The molecule has 15 heteroatoms. The second-order valence-electron chi connectivity index (χ2n) is 9.31. The van der Waals surface area contributed by atoms with E-state index in [2.05, 4.69) is 20.0 Å². The van der Waals surface area contributed by atoms with E-state index in [1.54, 1.807) is 11.1 Å². The molecule has 2 aromatic heterocycles. The van der Waals surface area contributed by atoms with Gasteiger partial charge >= 0.3 is 18.5 Å². The number of rotatable bonds is 4. The molecule has 3 aromatic rings. The van der Waals surface area contributed by atoms with Gasteiger partial charge in [-0.25, -0.2) is 14.8 Å². The summed E-state index contributed by atoms with van der Waals surface area (Å²) in [6, 6.07) is 7.30. The largest absolute Gasteiger partial charge is 0.573 e. The molecule has 3 N–H and O–H groups in total. The molecular formula is C25H25F6N5O4. The average molecular weight is 573 g/mol. The monoisotopic (exact) mass is 573 g/mol. The van der Waals surface area contributed by atoms with E-state index in [0.29, 0.717) is 18.7 Å². The fraction of sp³-hybridized carbons (Fsp3) is 0.440. The van der Waals surface area contributed by atoms with Crippen LogP contribution >= 0.6 is 0 Å². The summed E-state index contributed by atoms with van der Waals surface area (Å²) < 4.78 is 72.6. The maximum Gasteiger partial charge on any atom is 0.573 e. The van der Waals surface area contributed by atoms with Crippen molar-refractivity contribution in [2.24, 2.45) is 0 Å². The van der Waals surface area contributed by atoms with Crippen LogP contribution in [-0.4, -0.2) is 69.0 Å². The lowest BCUT2D eigenvalue weighted by atomic mass is 9.89. The number of pyridine rings is 1. The van der Waals surface area contributed by atoms with Crippen molar-refractivity contribution in [2.75, 3.05) is 19.6 Å². The molecular weight excluding hydrogens is 548 g/mol. The number of halogens is 6. The normalized spacial score (nSPS) is 18.4. The fourth-order valence-electron chi connectivity index (χ4n) is 4.74. The minimum atomic E-state index is -5.08. The second kappa shape index (κ2) is 11.7. The van der Waals surface area contributed by atoms with Crippen molar-refractivity contribution in [3.05, 3.63) is 53.5 Å². The van der Waals surface area contributed by atoms with E-state index < -0.39 is 18.5 Å². The van der Waals surface area contributed by atoms with Crippen LogP contribution in [-0.2, 0) is 4.79 Å². The SMILES string of the molecule is O=C(O)C(F)(F)F.O=C(c1ccc(OC(F)(F)F)cc1)N1CCC(c2ccnc3[nH]c([C@H]4CCCN4)nc23)CC1. The quantitative estimate of drug-likeness (QED) is 0.379. The Balaban J connectivity index is 0.000000470. The molecule has 0 spiro atoms. The highest BCUT2D eigenvalue weighted by atomic mass is 19.4. The van der Waals surface area contributed by atoms with Crippen molar-refractivity contribution in [1.29, 1.82) is 0 Å². The Morgan fingerprint density at radius 3 is 2.20 bits per heavy atom. The van der Waals surface area contributed by atoms with Gasteiger partial charge in [-0.15, -0.1) is 13.2 Å². The van der Waals surface area contributed by atoms with Gasteiger partial charge in [-0.05, 0) is 74.0 Å². The summed E-state index contributed by atoms with van der Waals surface area (Å²) in [6.45, 7) is 2.12. The summed E-state index contributed by atoms with van der Waals surface area (Å²) in [6.07, 6.45) is -4.29. The van der Waals surface area contributed by atoms with Gasteiger partial charge in [0.15, 0.2) is 5.65 Å². The number of amides is 1. The number of aliphatic carboxylic acids is 1. The topological polar surface area (TPSA) is 120 Å². The van der Waals surface area contributed by atoms with Crippen LogP contribution in [0.4, 0.5) is 26.3 Å². The van der Waals surface area contributed by atoms with Crippen molar-refractivity contribution < 1.29 is 45.8 Å². The number of hydrogen-bond donors (Lipinski definition) is 3. The molecule has 0 unspecified atom stereocenters. The molecule has 216 valence electrons. The molecule has 0 radical (unpaired) electrons. The number of nitrogens with zero attached hydrogens (tertiary/aromatic N) is 3. The summed E-state index contributed by atoms with van der Waals surface area (Å²) in [5.74, 6) is -2.11. The first-order valence-electron chi connectivity index (χ1n) is 12.3. The molecule has 2 saturated heterocycles. The minimum absolute atomic E-state index is 0.193. The number of carboxylic acids is 1. The number of likely N-dealkylation sites (tertiary alicyclic amines) is 1. The number of piperidine rings is 1. The predicted molar refractivity (Wildman–Crippen MR) is 129 cm³/mol. The third-order valence-electron chi connectivity index (χ3n) is 6.62. The Labute approximate surface area is 223 Å². The first kappa shape index (κ1) is 29.1. The Kier molecular flexibility index (Phi) is 8.51. The van der Waals surface area contributed by atoms with E-state index in [9.17, 15) is 31.1 Å². The molecule has 0 bridgehead atoms. The van der Waals surface area contributed by atoms with Crippen LogP contribution in [0.2, 0.25) is 0 Å². The van der Waals surface area contributed by atoms with Gasteiger partial charge in [0, 0.05) is 24.8 Å². The van der Waals surface area contributed by atoms with E-state index in [4.69, 9.17) is 14.9 Å². The maximum absolute atomic E-state index is 12.8. The fourth-order valence-corrected chi connectivity index (χ4v) is 4.74. The van der Waals surface area contributed by atoms with E-state index >= 15 is 0 Å². The Morgan fingerprint density at radius 2 is 1.65 bits per heavy atom. The molecule has 0 aliphatic carbocycles. The van der Waals surface area contributed by atoms with Gasteiger partial charge < -0.3 is 25.0 Å². The highest BCUT2D eigenvalue weighted by Gasteiger charge is 2.38. The lowest BCUT2D eigenvalue weighted by Crippen LogP contribution is -2.38. The smallest absolute Gasteiger partial charge is 0.475 e. The van der Waals surface area contributed by atoms with Gasteiger partial charge in [0.25, 0.3) is 5.91 Å². The van der Waals surface area contributed by atoms with Crippen LogP contribution in [0.3, 0.4) is 0 Å². The van der Waals surface area contributed by atoms with Gasteiger partial charge in [0.05, 0.1) is 6.04 Å². The minimum Gasteiger partial charge on any atom is -0.475 e. The molecule has 4 heterocycles. The molecule has 2 aliphatic rings. The van der Waals surface area contributed by atoms with Gasteiger partial charge in [-0.2, -0.15) is 13.2 Å². The molecule has 1 aromatic carbocycles. The number of nitrogens with one attached hydrogen (secondary N) is 2. The van der Waals surface area contributed by atoms with Crippen LogP contribution in [0, 0.1) is 0 Å². The zero-order chi connectivity index (χ0) is 29.1. The van der Waals surface area contributed by atoms with E-state index in [0.717, 1.165) is 66.9 Å². The molecule has 2 fully saturated rings. The average Bonchev–Trinajstić information content (AvgIpc) is 3.58. The summed E-state index contributed by atoms with van der Waals surface area (Å²) >= 11 is 0. The van der Waals surface area contributed by atoms with Crippen molar-refractivity contribution >= 4 is 23.0 Å². The van der Waals surface area contributed by atoms with Crippen molar-refractivity contribution in [1.82, 2.24) is 25.2 Å². The zero-order valence-electron chi connectivity index (χ0n) is 20.8. The van der Waals surface area contributed by atoms with E-state index in [1.165, 1.54) is 12.1 Å². The van der Waals surface area contributed by atoms with Crippen LogP contribution in [0.15, 0.2) is 36.5 Å². The lowest BCUT2D eigenvalue weighted by Gasteiger charge is -2.32. The summed E-state index contributed by atoms with van der Waals surface area (Å²) in [5.41, 5.74) is 3.17. The highest BCUT2D eigenvalue weighted by molar-refractivity contribution is 5.94. The number of imidazole rings is 1. The first-order valence-corrected chi connectivity index (χ1v) is 12.3. The van der Waals surface area contributed by atoms with Crippen LogP contribution in [0.25, 0.3) is 11.2 Å². The van der Waals surface area contributed by atoms with Crippen molar-refractivity contribution in [3.8, 4) is 5.75 Å². The summed E-state index contributed by atoms with van der Waals surface area (Å²) in [7, 11) is 0. The number of ether oxygens (including phenoxy) is 1. The highest BCUT2D eigenvalue weighted by Crippen LogP contribution is 2.33. The number of alkyl halides is 6. The van der Waals surface area contributed by atoms with Gasteiger partial charge in [-0.3, -0.25) is 4.79 Å². The third kappa shape index (κ3) is 7.20. The number of aromatic nitrogens is 3. The van der Waals surface area contributed by atoms with Crippen LogP contribution < -0.4 is 10.1 Å². The standard InChI is InChI=1S/C23H24F3N5O2.C2HF3O2/c24-23(25,26)33-16-5-3-15(4-6-16)22(32)31-12-8-14(9-13-31)17-7-11-28-21-19(17)29-20(30-21)18-2-1-10-27-18;3-2(4,5)1(6)7/h3-7,11,14,18,27H,1-2,8-10,12-13H2,(H,28,29,30);(H,6,7)/t18-;/m1./s1. The third-order valence-corrected chi connectivity index (χ3v) is 6.62. The molecule has 0 saturated carbocycles. The van der Waals surface area contributed by atoms with Gasteiger partial charge in [-0.1, -0.05) is 0 Å². The number of aromatic amines is 1. The molecule has 40 heavy (non-hydrogen) atoms. The van der Waals surface area contributed by atoms with Gasteiger partial charge in [0.2, 0.25) is 0 Å². The molecule has 9 nitrogen and oxygen atoms in total. The summed E-state index contributed by atoms with van der Waals surface area (Å²) in [4.78, 5) is 36.1. The van der Waals surface area contributed by atoms with E-state index in [1.807, 2.05) is 6.07 Å². The number of fused-ring (bicyclic) bond motifs is 1. The van der Waals surface area contributed by atoms with E-state index in [-0.39, 0.29) is 23.6 Å². The van der Waals surface area contributed by atoms with Crippen LogP contribution in [0.1, 0.15) is 59.4 Å². The first-order chi connectivity index (χ1) is 18.8. The Hall–Kier alpha value is -3.88. The molecule has 1 amide bonds. The van der Waals surface area contributed by atoms with Crippen molar-refractivity contribution in [2.45, 2.75) is 50.2 Å². The molecule has 5 rings (SSSR count). The number of hydrogen-bond acceptors (Lipinski definition) is 6. The number of carbonyl (C=O) groups excluding carboxylic acids is 1. The number of carboxylic acid groups (broad SMARTS) is 1. The molecule has 2 aliphatic heterocycles. The molecule has 1 atom stereocenters. The second-order valence-corrected chi connectivity index (χ2v) is 9.31. The Morgan fingerprint density at radius 1 is 1.00 bits per heavy atom. The Bertz CT molecular complexity index is 1330. The number of H-pyrrole nitrogens is 1. The van der Waals surface area contributed by atoms with Crippen molar-refractivity contribution in [3.63, 3.8) is 0 Å². The number of benzene rings is 1. The lowest BCUT2D eigenvalue weighted by molar-refractivity contribution is -0.274. The zero-order valence-corrected chi connectivity index (χ0v) is 20.8.